The van der Waals surface area contributed by atoms with Crippen LogP contribution in [0.25, 0.3) is 0 Å². The lowest BCUT2D eigenvalue weighted by atomic mass is 10.2. The first kappa shape index (κ1) is 12.5. The van der Waals surface area contributed by atoms with Crippen molar-refractivity contribution in [2.24, 2.45) is 5.14 Å². The summed E-state index contributed by atoms with van der Waals surface area (Å²) in [6, 6.07) is 13.9. The van der Waals surface area contributed by atoms with Gasteiger partial charge in [0, 0.05) is 6.07 Å². The third kappa shape index (κ3) is 3.28. The van der Waals surface area contributed by atoms with Crippen LogP contribution in [0.5, 0.6) is 5.88 Å². The van der Waals surface area contributed by atoms with Crippen LogP contribution in [0.15, 0.2) is 53.6 Å². The Labute approximate surface area is 105 Å². The highest BCUT2D eigenvalue weighted by Crippen LogP contribution is 2.12. The minimum atomic E-state index is -3.80. The van der Waals surface area contributed by atoms with Crippen molar-refractivity contribution in [1.29, 1.82) is 0 Å². The summed E-state index contributed by atoms with van der Waals surface area (Å²) in [4.78, 5) is 3.82. The summed E-state index contributed by atoms with van der Waals surface area (Å²) in [6.07, 6.45) is 0. The molecule has 0 aliphatic heterocycles. The lowest BCUT2D eigenvalue weighted by molar-refractivity contribution is 0.291. The predicted octanol–water partition coefficient (Wildman–Crippen LogP) is 1.31. The van der Waals surface area contributed by atoms with Gasteiger partial charge in [0.15, 0.2) is 5.03 Å². The molecule has 0 unspecified atom stereocenters. The Morgan fingerprint density at radius 2 is 1.78 bits per heavy atom. The first-order valence-electron chi connectivity index (χ1n) is 5.22. The maximum Gasteiger partial charge on any atom is 0.255 e. The lowest BCUT2D eigenvalue weighted by Gasteiger charge is -2.06. The Balaban J connectivity index is 2.11. The largest absolute Gasteiger partial charge is 0.473 e. The van der Waals surface area contributed by atoms with Crippen molar-refractivity contribution in [3.05, 3.63) is 54.1 Å². The van der Waals surface area contributed by atoms with Crippen molar-refractivity contribution in [2.75, 3.05) is 0 Å². The fraction of sp³-hybridized carbons (Fsp3) is 0.0833. The molecule has 0 saturated heterocycles. The van der Waals surface area contributed by atoms with E-state index in [-0.39, 0.29) is 10.9 Å². The van der Waals surface area contributed by atoms with Gasteiger partial charge >= 0.3 is 0 Å². The summed E-state index contributed by atoms with van der Waals surface area (Å²) in [7, 11) is -3.80. The lowest BCUT2D eigenvalue weighted by Crippen LogP contribution is -2.14. The van der Waals surface area contributed by atoms with Crippen LogP contribution >= 0.6 is 0 Å². The number of hydrogen-bond donors (Lipinski definition) is 1. The van der Waals surface area contributed by atoms with Crippen molar-refractivity contribution in [2.45, 2.75) is 11.6 Å². The summed E-state index contributed by atoms with van der Waals surface area (Å²) in [5, 5.41) is 4.79. The zero-order chi connectivity index (χ0) is 13.0. The molecule has 0 saturated carbocycles. The molecule has 0 bridgehead atoms. The smallest absolute Gasteiger partial charge is 0.255 e. The zero-order valence-corrected chi connectivity index (χ0v) is 10.3. The Bertz CT molecular complexity index is 627. The van der Waals surface area contributed by atoms with Gasteiger partial charge in [-0.25, -0.2) is 18.5 Å². The second-order valence-corrected chi connectivity index (χ2v) is 5.14. The van der Waals surface area contributed by atoms with Crippen LogP contribution in [-0.2, 0) is 16.6 Å². The number of hydrogen-bond acceptors (Lipinski definition) is 4. The van der Waals surface area contributed by atoms with E-state index in [1.165, 1.54) is 12.1 Å². The molecule has 2 rings (SSSR count). The Kier molecular flexibility index (Phi) is 3.59. The number of pyridine rings is 1. The molecule has 0 radical (unpaired) electrons. The number of aromatic nitrogens is 1. The molecular formula is C12H12N2O3S. The van der Waals surface area contributed by atoms with E-state index in [0.29, 0.717) is 6.61 Å². The van der Waals surface area contributed by atoms with Gasteiger partial charge in [0.1, 0.15) is 6.61 Å². The highest BCUT2D eigenvalue weighted by atomic mass is 32.2. The van der Waals surface area contributed by atoms with Gasteiger partial charge in [-0.3, -0.25) is 0 Å². The van der Waals surface area contributed by atoms with E-state index in [1.807, 2.05) is 30.3 Å². The number of benzene rings is 1. The van der Waals surface area contributed by atoms with Gasteiger partial charge in [-0.15, -0.1) is 0 Å². The van der Waals surface area contributed by atoms with E-state index in [9.17, 15) is 8.42 Å². The second-order valence-electron chi connectivity index (χ2n) is 3.63. The molecule has 2 N–H and O–H groups in total. The van der Waals surface area contributed by atoms with Gasteiger partial charge in [0.2, 0.25) is 5.88 Å². The normalized spacial score (nSPS) is 11.2. The van der Waals surface area contributed by atoms with Crippen LogP contribution in [0.1, 0.15) is 5.56 Å². The molecule has 1 aromatic carbocycles. The van der Waals surface area contributed by atoms with E-state index >= 15 is 0 Å². The van der Waals surface area contributed by atoms with Crippen molar-refractivity contribution in [3.8, 4) is 5.88 Å². The number of primary sulfonamides is 1. The average molecular weight is 264 g/mol. The molecule has 2 aromatic rings. The van der Waals surface area contributed by atoms with E-state index in [4.69, 9.17) is 9.88 Å². The van der Waals surface area contributed by atoms with Gasteiger partial charge < -0.3 is 4.74 Å². The highest BCUT2D eigenvalue weighted by Gasteiger charge is 2.10. The Morgan fingerprint density at radius 3 is 2.44 bits per heavy atom. The number of rotatable bonds is 4. The monoisotopic (exact) mass is 264 g/mol. The Hall–Kier alpha value is -1.92. The van der Waals surface area contributed by atoms with E-state index in [0.717, 1.165) is 5.56 Å². The molecule has 94 valence electrons. The van der Waals surface area contributed by atoms with Crippen LogP contribution < -0.4 is 9.88 Å². The molecule has 0 aliphatic rings. The number of ether oxygens (including phenoxy) is 1. The molecule has 18 heavy (non-hydrogen) atoms. The summed E-state index contributed by atoms with van der Waals surface area (Å²) in [6.45, 7) is 0.321. The molecule has 0 aliphatic carbocycles. The minimum Gasteiger partial charge on any atom is -0.473 e. The molecule has 1 aromatic heterocycles. The van der Waals surface area contributed by atoms with Crippen LogP contribution in [0.4, 0.5) is 0 Å². The fourth-order valence-corrected chi connectivity index (χ4v) is 1.85. The number of sulfonamides is 1. The molecule has 1 heterocycles. The topological polar surface area (TPSA) is 82.3 Å². The third-order valence-electron chi connectivity index (χ3n) is 2.22. The number of nitrogens with zero attached hydrogens (tertiary/aromatic N) is 1. The number of nitrogens with two attached hydrogens (primary N) is 1. The molecule has 0 amide bonds. The molecule has 0 fully saturated rings. The third-order valence-corrected chi connectivity index (χ3v) is 3.03. The van der Waals surface area contributed by atoms with Crippen LogP contribution in [0, 0.1) is 0 Å². The summed E-state index contributed by atoms with van der Waals surface area (Å²) >= 11 is 0. The molecule has 5 nitrogen and oxygen atoms in total. The average Bonchev–Trinajstić information content (AvgIpc) is 2.37. The Morgan fingerprint density at radius 1 is 1.06 bits per heavy atom. The summed E-state index contributed by atoms with van der Waals surface area (Å²) in [5.41, 5.74) is 0.973. The summed E-state index contributed by atoms with van der Waals surface area (Å²) < 4.78 is 27.6. The molecule has 0 atom stereocenters. The maximum absolute atomic E-state index is 11.1. The van der Waals surface area contributed by atoms with E-state index in [1.54, 1.807) is 6.07 Å². The molecule has 0 spiro atoms. The quantitative estimate of drug-likeness (QED) is 0.902. The van der Waals surface area contributed by atoms with Gasteiger partial charge in [-0.2, -0.15) is 0 Å². The highest BCUT2D eigenvalue weighted by molar-refractivity contribution is 7.89. The summed E-state index contributed by atoms with van der Waals surface area (Å²) in [5.74, 6) is 0.227. The van der Waals surface area contributed by atoms with Crippen LogP contribution in [0.3, 0.4) is 0 Å². The zero-order valence-electron chi connectivity index (χ0n) is 9.48. The van der Waals surface area contributed by atoms with Crippen molar-refractivity contribution in [3.63, 3.8) is 0 Å². The first-order chi connectivity index (χ1) is 8.55. The fourth-order valence-electron chi connectivity index (χ4n) is 1.37. The first-order valence-corrected chi connectivity index (χ1v) is 6.77. The minimum absolute atomic E-state index is 0.201. The maximum atomic E-state index is 11.1. The van der Waals surface area contributed by atoms with Gasteiger partial charge in [-0.1, -0.05) is 36.4 Å². The van der Waals surface area contributed by atoms with E-state index in [2.05, 4.69) is 4.98 Å². The van der Waals surface area contributed by atoms with Crippen molar-refractivity contribution < 1.29 is 13.2 Å². The SMILES string of the molecule is NS(=O)(=O)c1cccc(OCc2ccccc2)n1. The van der Waals surface area contributed by atoms with Crippen LogP contribution in [0.2, 0.25) is 0 Å². The predicted molar refractivity (Wildman–Crippen MR) is 66.4 cm³/mol. The van der Waals surface area contributed by atoms with Gasteiger partial charge in [0.25, 0.3) is 10.0 Å². The molecule has 6 heteroatoms. The van der Waals surface area contributed by atoms with Crippen LogP contribution in [-0.4, -0.2) is 13.4 Å². The van der Waals surface area contributed by atoms with Gasteiger partial charge in [-0.05, 0) is 11.6 Å². The van der Waals surface area contributed by atoms with Crippen molar-refractivity contribution >= 4 is 10.0 Å². The molecular weight excluding hydrogens is 252 g/mol. The second kappa shape index (κ2) is 5.16. The van der Waals surface area contributed by atoms with Gasteiger partial charge in [0.05, 0.1) is 0 Å². The standard InChI is InChI=1S/C12H12N2O3S/c13-18(15,16)12-8-4-7-11(14-12)17-9-10-5-2-1-3-6-10/h1-8H,9H2,(H2,13,15,16). The van der Waals surface area contributed by atoms with E-state index < -0.39 is 10.0 Å². The van der Waals surface area contributed by atoms with Crippen molar-refractivity contribution in [1.82, 2.24) is 4.98 Å².